The maximum absolute atomic E-state index is 13.4. The highest BCUT2D eigenvalue weighted by Gasteiger charge is 2.68. The summed E-state index contributed by atoms with van der Waals surface area (Å²) in [4.78, 5) is 26.6. The molecule has 0 saturated heterocycles. The van der Waals surface area contributed by atoms with E-state index in [-0.39, 0.29) is 46.7 Å². The van der Waals surface area contributed by atoms with E-state index in [4.69, 9.17) is 9.94 Å². The standard InChI is InChI=1S/C27H43NO5S/c1-6-25(4)14-21(33-22(30)15-34-19-8-7-18(13-19)28-32)26(5)16(2)9-11-27(17(3)24(25)31)12-10-20(29)23(26)27/h6,16-19,21,23-24,28,31-32H,1,7-15H2,2-5H3/t16-,17+,18?,19?,21-,23+,24+,25-,26+,27+/m1/s1. The van der Waals surface area contributed by atoms with Gasteiger partial charge in [-0.05, 0) is 62.2 Å². The number of hydrogen-bond donors (Lipinski definition) is 3. The summed E-state index contributed by atoms with van der Waals surface area (Å²) in [5.74, 6) is 0.304. The minimum Gasteiger partial charge on any atom is -0.461 e. The first kappa shape index (κ1) is 26.2. The molecule has 4 aliphatic carbocycles. The summed E-state index contributed by atoms with van der Waals surface area (Å²) in [6.07, 6.45) is 7.18. The normalized spacial score (nSPS) is 48.6. The number of nitrogens with one attached hydrogen (secondary N) is 1. The van der Waals surface area contributed by atoms with Gasteiger partial charge >= 0.3 is 5.97 Å². The lowest BCUT2D eigenvalue weighted by Gasteiger charge is -2.61. The zero-order chi connectivity index (χ0) is 24.9. The van der Waals surface area contributed by atoms with Crippen LogP contribution in [0, 0.1) is 34.0 Å². The van der Waals surface area contributed by atoms with Crippen LogP contribution in [0.1, 0.15) is 79.1 Å². The van der Waals surface area contributed by atoms with E-state index in [1.165, 1.54) is 0 Å². The molecule has 0 aromatic carbocycles. The molecule has 0 amide bonds. The quantitative estimate of drug-likeness (QED) is 0.284. The van der Waals surface area contributed by atoms with Crippen molar-refractivity contribution in [3.8, 4) is 0 Å². The number of aliphatic hydroxyl groups excluding tert-OH is 1. The molecule has 2 bridgehead atoms. The van der Waals surface area contributed by atoms with Crippen LogP contribution in [0.4, 0.5) is 0 Å². The van der Waals surface area contributed by atoms with Crippen molar-refractivity contribution in [1.82, 2.24) is 5.48 Å². The first-order chi connectivity index (χ1) is 16.0. The van der Waals surface area contributed by atoms with Crippen LogP contribution >= 0.6 is 11.8 Å². The Balaban J connectivity index is 1.62. The average Bonchev–Trinajstić information content (AvgIpc) is 3.43. The lowest BCUT2D eigenvalue weighted by molar-refractivity contribution is -0.205. The van der Waals surface area contributed by atoms with E-state index in [0.717, 1.165) is 38.5 Å². The van der Waals surface area contributed by atoms with E-state index >= 15 is 0 Å². The molecule has 0 heterocycles. The summed E-state index contributed by atoms with van der Waals surface area (Å²) >= 11 is 1.60. The summed E-state index contributed by atoms with van der Waals surface area (Å²) in [6, 6.07) is 0.0967. The Labute approximate surface area is 208 Å². The molecule has 10 atom stereocenters. The van der Waals surface area contributed by atoms with Gasteiger partial charge in [-0.2, -0.15) is 0 Å². The lowest BCUT2D eigenvalue weighted by Crippen LogP contribution is -2.63. The molecule has 2 unspecified atom stereocenters. The molecule has 0 aromatic rings. The van der Waals surface area contributed by atoms with Crippen LogP contribution in [0.15, 0.2) is 12.7 Å². The molecule has 4 fully saturated rings. The largest absolute Gasteiger partial charge is 0.461 e. The molecule has 7 heteroatoms. The number of hydrogen-bond acceptors (Lipinski definition) is 7. The van der Waals surface area contributed by atoms with Gasteiger partial charge in [-0.15, -0.1) is 18.3 Å². The molecule has 0 radical (unpaired) electrons. The second-order valence-corrected chi connectivity index (χ2v) is 13.4. The molecule has 6 nitrogen and oxygen atoms in total. The smallest absolute Gasteiger partial charge is 0.316 e. The van der Waals surface area contributed by atoms with Crippen LogP contribution in [0.5, 0.6) is 0 Å². The van der Waals surface area contributed by atoms with E-state index in [9.17, 15) is 14.7 Å². The molecule has 0 aliphatic heterocycles. The number of esters is 1. The molecular formula is C27H43NO5S. The highest BCUT2D eigenvalue weighted by molar-refractivity contribution is 8.00. The van der Waals surface area contributed by atoms with Crippen LogP contribution < -0.4 is 5.48 Å². The molecule has 4 rings (SSSR count). The second-order valence-electron chi connectivity index (χ2n) is 12.1. The third kappa shape index (κ3) is 4.08. The van der Waals surface area contributed by atoms with E-state index < -0.39 is 23.0 Å². The van der Waals surface area contributed by atoms with Crippen molar-refractivity contribution in [2.45, 2.75) is 103 Å². The fourth-order valence-corrected chi connectivity index (χ4v) is 9.20. The van der Waals surface area contributed by atoms with Gasteiger partial charge in [0.2, 0.25) is 0 Å². The van der Waals surface area contributed by atoms with Gasteiger partial charge in [-0.25, -0.2) is 5.48 Å². The van der Waals surface area contributed by atoms with Gasteiger partial charge in [-0.1, -0.05) is 33.8 Å². The first-order valence-corrected chi connectivity index (χ1v) is 14.1. The summed E-state index contributed by atoms with van der Waals surface area (Å²) in [7, 11) is 0. The van der Waals surface area contributed by atoms with Crippen molar-refractivity contribution in [2.24, 2.45) is 34.0 Å². The van der Waals surface area contributed by atoms with Gasteiger partial charge in [0, 0.05) is 34.5 Å². The number of rotatable bonds is 6. The van der Waals surface area contributed by atoms with Crippen LogP contribution in [0.25, 0.3) is 0 Å². The molecule has 34 heavy (non-hydrogen) atoms. The third-order valence-corrected chi connectivity index (χ3v) is 11.9. The Morgan fingerprint density at radius 1 is 1.26 bits per heavy atom. The van der Waals surface area contributed by atoms with Gasteiger partial charge in [0.05, 0.1) is 11.9 Å². The van der Waals surface area contributed by atoms with Crippen molar-refractivity contribution in [2.75, 3.05) is 5.75 Å². The molecular weight excluding hydrogens is 450 g/mol. The maximum atomic E-state index is 13.4. The van der Waals surface area contributed by atoms with E-state index in [2.05, 4.69) is 32.8 Å². The summed E-state index contributed by atoms with van der Waals surface area (Å²) in [5.41, 5.74) is 1.02. The number of aliphatic hydroxyl groups is 1. The number of thioether (sulfide) groups is 1. The Morgan fingerprint density at radius 3 is 2.65 bits per heavy atom. The number of hydroxylamine groups is 1. The SMILES string of the molecule is C=C[C@]1(C)C[C@@H](OC(=O)CSC2CCC(NO)C2)[C@]2(C)[C@H](C)CC[C@]3(CCC(=O)[C@H]32)[C@@H](C)[C@@H]1O. The van der Waals surface area contributed by atoms with Gasteiger partial charge in [0.1, 0.15) is 11.9 Å². The third-order valence-electron chi connectivity index (χ3n) is 10.6. The number of carbonyl (C=O) groups excluding carboxylic acids is 2. The number of ether oxygens (including phenoxy) is 1. The minimum atomic E-state index is -0.645. The predicted octanol–water partition coefficient (Wildman–Crippen LogP) is 4.53. The number of ketones is 1. The molecule has 192 valence electrons. The zero-order valence-electron chi connectivity index (χ0n) is 21.2. The predicted molar refractivity (Wildman–Crippen MR) is 133 cm³/mol. The Hall–Kier alpha value is -0.890. The Morgan fingerprint density at radius 2 is 2.00 bits per heavy atom. The van der Waals surface area contributed by atoms with Crippen molar-refractivity contribution in [3.63, 3.8) is 0 Å². The highest BCUT2D eigenvalue weighted by Crippen LogP contribution is 2.68. The van der Waals surface area contributed by atoms with Crippen molar-refractivity contribution >= 4 is 23.5 Å². The van der Waals surface area contributed by atoms with Crippen molar-refractivity contribution in [1.29, 1.82) is 0 Å². The van der Waals surface area contributed by atoms with Gasteiger partial charge in [0.15, 0.2) is 0 Å². The van der Waals surface area contributed by atoms with Crippen LogP contribution in [-0.2, 0) is 14.3 Å². The maximum Gasteiger partial charge on any atom is 0.316 e. The minimum absolute atomic E-state index is 0.0265. The fourth-order valence-electron chi connectivity index (χ4n) is 8.09. The molecule has 0 spiro atoms. The van der Waals surface area contributed by atoms with Gasteiger partial charge in [-0.3, -0.25) is 9.59 Å². The molecule has 4 aliphatic rings. The molecule has 4 saturated carbocycles. The molecule has 0 aromatic heterocycles. The van der Waals surface area contributed by atoms with Crippen LogP contribution in [0.3, 0.4) is 0 Å². The average molecular weight is 494 g/mol. The lowest BCUT2D eigenvalue weighted by atomic mass is 9.44. The second kappa shape index (κ2) is 9.53. The van der Waals surface area contributed by atoms with Crippen LogP contribution in [-0.4, -0.2) is 51.3 Å². The summed E-state index contributed by atoms with van der Waals surface area (Å²) in [6.45, 7) is 12.6. The Bertz CT molecular complexity index is 821. The summed E-state index contributed by atoms with van der Waals surface area (Å²) in [5, 5.41) is 21.1. The first-order valence-electron chi connectivity index (χ1n) is 13.1. The van der Waals surface area contributed by atoms with E-state index in [1.54, 1.807) is 11.8 Å². The van der Waals surface area contributed by atoms with Gasteiger partial charge < -0.3 is 15.1 Å². The van der Waals surface area contributed by atoms with Gasteiger partial charge in [0.25, 0.3) is 0 Å². The summed E-state index contributed by atoms with van der Waals surface area (Å²) < 4.78 is 6.30. The van der Waals surface area contributed by atoms with Crippen LogP contribution in [0.2, 0.25) is 0 Å². The van der Waals surface area contributed by atoms with E-state index in [1.807, 2.05) is 13.0 Å². The monoisotopic (exact) mass is 493 g/mol. The van der Waals surface area contributed by atoms with Crippen molar-refractivity contribution in [3.05, 3.63) is 12.7 Å². The van der Waals surface area contributed by atoms with E-state index in [0.29, 0.717) is 18.1 Å². The number of carbonyl (C=O) groups is 2. The van der Waals surface area contributed by atoms with Crippen molar-refractivity contribution < 1.29 is 24.6 Å². The zero-order valence-corrected chi connectivity index (χ0v) is 22.0. The number of Topliss-reactive ketones (excluding diaryl/α,β-unsaturated/α-hetero) is 1. The Kier molecular flexibility index (Phi) is 7.34. The highest BCUT2D eigenvalue weighted by atomic mass is 32.2. The molecule has 3 N–H and O–H groups in total. The topological polar surface area (TPSA) is 95.9 Å². The fraction of sp³-hybridized carbons (Fsp3) is 0.852.